The largest absolute Gasteiger partial charge is 0.339 e. The maximum Gasteiger partial charge on any atom is 0.270 e. The maximum absolute atomic E-state index is 13.5. The van der Waals surface area contributed by atoms with Gasteiger partial charge in [0.1, 0.15) is 18.3 Å². The summed E-state index contributed by atoms with van der Waals surface area (Å²) < 4.78 is 10.5. The molecular weight excluding hydrogens is 428 g/mol. The highest BCUT2D eigenvalue weighted by atomic mass is 16.2. The third kappa shape index (κ3) is 5.04. The summed E-state index contributed by atoms with van der Waals surface area (Å²) in [4.78, 5) is 26.6. The summed E-state index contributed by atoms with van der Waals surface area (Å²) in [5.41, 5.74) is 4.64. The van der Waals surface area contributed by atoms with Crippen LogP contribution in [0.4, 0.5) is 5.69 Å². The van der Waals surface area contributed by atoms with Gasteiger partial charge < -0.3 is 10.6 Å². The van der Waals surface area contributed by atoms with E-state index in [-0.39, 0.29) is 18.2 Å². The van der Waals surface area contributed by atoms with E-state index in [9.17, 15) is 9.59 Å². The van der Waals surface area contributed by atoms with E-state index < -0.39 is 17.8 Å². The predicted octanol–water partition coefficient (Wildman–Crippen LogP) is 3.84. The molecule has 1 unspecified atom stereocenters. The molecule has 1 fully saturated rings. The Balaban J connectivity index is 1.56. The summed E-state index contributed by atoms with van der Waals surface area (Å²) in [5, 5.41) is 16.8. The number of carbonyl (C=O) groups excluding carboxylic acids is 2. The van der Waals surface area contributed by atoms with E-state index in [0.717, 1.165) is 41.8 Å². The second-order valence-corrected chi connectivity index (χ2v) is 8.62. The van der Waals surface area contributed by atoms with Crippen LogP contribution in [0.1, 0.15) is 55.4 Å². The summed E-state index contributed by atoms with van der Waals surface area (Å²) in [6.07, 6.45) is 11.1. The highest BCUT2D eigenvalue weighted by molar-refractivity contribution is 6.00. The molecule has 8 nitrogen and oxygen atoms in total. The number of rotatable bonds is 7. The Morgan fingerprint density at radius 2 is 1.97 bits per heavy atom. The van der Waals surface area contributed by atoms with Gasteiger partial charge in [0, 0.05) is 23.1 Å². The SMILES string of the molecule is [2H]C(NC(=O)c1ccnn1CC#C)(C(=O)Nc1ccc(-c2c(C)n[nH]c2C)cc1)C1CCCCC1. The Morgan fingerprint density at radius 3 is 2.62 bits per heavy atom. The second kappa shape index (κ2) is 10.4. The van der Waals surface area contributed by atoms with Gasteiger partial charge in [-0.05, 0) is 56.4 Å². The quantitative estimate of drug-likeness (QED) is 0.467. The topological polar surface area (TPSA) is 105 Å². The number of carbonyl (C=O) groups is 2. The molecule has 1 atom stereocenters. The number of aryl methyl sites for hydroxylation is 2. The van der Waals surface area contributed by atoms with Gasteiger partial charge in [-0.3, -0.25) is 14.7 Å². The zero-order valence-corrected chi connectivity index (χ0v) is 19.5. The lowest BCUT2D eigenvalue weighted by Gasteiger charge is -2.30. The van der Waals surface area contributed by atoms with E-state index in [1.54, 1.807) is 12.1 Å². The van der Waals surface area contributed by atoms with Crippen LogP contribution in [0.3, 0.4) is 0 Å². The first kappa shape index (κ1) is 22.0. The summed E-state index contributed by atoms with van der Waals surface area (Å²) >= 11 is 0. The highest BCUT2D eigenvalue weighted by Crippen LogP contribution is 2.29. The van der Waals surface area contributed by atoms with E-state index >= 15 is 0 Å². The minimum atomic E-state index is -1.83. The monoisotopic (exact) mass is 459 g/mol. The fourth-order valence-corrected chi connectivity index (χ4v) is 4.55. The number of aromatic amines is 1. The molecule has 1 aliphatic rings. The zero-order chi connectivity index (χ0) is 25.0. The number of anilines is 1. The van der Waals surface area contributed by atoms with Crippen molar-refractivity contribution in [3.8, 4) is 23.5 Å². The number of benzene rings is 1. The fraction of sp³-hybridized carbons (Fsp3) is 0.385. The molecule has 4 rings (SSSR count). The van der Waals surface area contributed by atoms with Crippen LogP contribution in [-0.2, 0) is 11.3 Å². The van der Waals surface area contributed by atoms with Crippen molar-refractivity contribution in [2.45, 2.75) is 58.5 Å². The number of terminal acetylenes is 1. The summed E-state index contributed by atoms with van der Waals surface area (Å²) in [6.45, 7) is 4.02. The highest BCUT2D eigenvalue weighted by Gasteiger charge is 2.32. The molecule has 0 aliphatic heterocycles. The molecule has 3 N–H and O–H groups in total. The van der Waals surface area contributed by atoms with Crippen molar-refractivity contribution in [2.24, 2.45) is 5.92 Å². The van der Waals surface area contributed by atoms with Crippen molar-refractivity contribution in [3.63, 3.8) is 0 Å². The first-order valence-corrected chi connectivity index (χ1v) is 11.5. The van der Waals surface area contributed by atoms with Crippen molar-refractivity contribution < 1.29 is 11.0 Å². The van der Waals surface area contributed by atoms with E-state index in [0.29, 0.717) is 18.5 Å². The number of H-pyrrole nitrogens is 1. The summed E-state index contributed by atoms with van der Waals surface area (Å²) in [7, 11) is 0. The number of aromatic nitrogens is 4. The van der Waals surface area contributed by atoms with Gasteiger partial charge in [0.2, 0.25) is 5.91 Å². The standard InChI is InChI=1S/C26H30N6O2/c1-4-16-32-22(14-15-27-32)25(33)29-24(20-8-6-5-7-9-20)26(34)28-21-12-10-19(11-13-21)23-17(2)30-31-18(23)3/h1,10-15,20,24H,5-9,16H2,2-3H3,(H,28,34)(H,29,33)(H,30,31)/i24D. The Morgan fingerprint density at radius 1 is 1.24 bits per heavy atom. The molecule has 0 radical (unpaired) electrons. The van der Waals surface area contributed by atoms with Crippen LogP contribution >= 0.6 is 0 Å². The lowest BCUT2D eigenvalue weighted by molar-refractivity contribution is -0.119. The molecule has 2 amide bonds. The van der Waals surface area contributed by atoms with E-state index in [4.69, 9.17) is 7.79 Å². The van der Waals surface area contributed by atoms with Gasteiger partial charge in [0.05, 0.1) is 7.06 Å². The first-order chi connectivity index (χ1) is 16.8. The van der Waals surface area contributed by atoms with Crippen LogP contribution < -0.4 is 10.6 Å². The number of amides is 2. The molecule has 1 saturated carbocycles. The van der Waals surface area contributed by atoms with Crippen molar-refractivity contribution in [3.05, 3.63) is 53.6 Å². The number of hydrogen-bond donors (Lipinski definition) is 3. The molecule has 8 heteroatoms. The Kier molecular flexibility index (Phi) is 6.71. The minimum absolute atomic E-state index is 0.123. The van der Waals surface area contributed by atoms with Crippen LogP contribution in [0, 0.1) is 32.1 Å². The smallest absolute Gasteiger partial charge is 0.270 e. The predicted molar refractivity (Wildman–Crippen MR) is 131 cm³/mol. The van der Waals surface area contributed by atoms with E-state index in [1.165, 1.54) is 16.9 Å². The number of nitrogens with one attached hydrogen (secondary N) is 3. The molecule has 0 saturated heterocycles. The molecule has 2 heterocycles. The molecule has 0 spiro atoms. The van der Waals surface area contributed by atoms with Gasteiger partial charge in [0.25, 0.3) is 5.91 Å². The molecule has 34 heavy (non-hydrogen) atoms. The molecule has 0 bridgehead atoms. The summed E-state index contributed by atoms with van der Waals surface area (Å²) in [5.74, 6) is 1.04. The first-order valence-electron chi connectivity index (χ1n) is 12.0. The third-order valence-corrected chi connectivity index (χ3v) is 6.26. The minimum Gasteiger partial charge on any atom is -0.339 e. The average Bonchev–Trinajstić information content (AvgIpc) is 3.46. The average molecular weight is 460 g/mol. The zero-order valence-electron chi connectivity index (χ0n) is 20.5. The second-order valence-electron chi connectivity index (χ2n) is 8.62. The number of hydrogen-bond acceptors (Lipinski definition) is 4. The fourth-order valence-electron chi connectivity index (χ4n) is 4.55. The van der Waals surface area contributed by atoms with Gasteiger partial charge in [-0.2, -0.15) is 10.2 Å². The normalized spacial score (nSPS) is 16.2. The van der Waals surface area contributed by atoms with Gasteiger partial charge >= 0.3 is 0 Å². The van der Waals surface area contributed by atoms with E-state index in [2.05, 4.69) is 31.9 Å². The molecule has 1 aliphatic carbocycles. The molecular formula is C26H30N6O2. The van der Waals surface area contributed by atoms with Crippen LogP contribution in [0.5, 0.6) is 0 Å². The Hall–Kier alpha value is -3.86. The van der Waals surface area contributed by atoms with Gasteiger partial charge in [-0.25, -0.2) is 4.68 Å². The van der Waals surface area contributed by atoms with Crippen molar-refractivity contribution in [1.29, 1.82) is 0 Å². The van der Waals surface area contributed by atoms with Crippen LogP contribution in [-0.4, -0.2) is 37.8 Å². The Bertz CT molecular complexity index is 1230. The van der Waals surface area contributed by atoms with Crippen molar-refractivity contribution in [2.75, 3.05) is 5.32 Å². The third-order valence-electron chi connectivity index (χ3n) is 6.26. The molecule has 2 aromatic heterocycles. The van der Waals surface area contributed by atoms with Gasteiger partial charge in [-0.1, -0.05) is 37.3 Å². The van der Waals surface area contributed by atoms with Crippen LogP contribution in [0.15, 0.2) is 36.5 Å². The molecule has 1 aromatic carbocycles. The lowest BCUT2D eigenvalue weighted by Crippen LogP contribution is -2.49. The van der Waals surface area contributed by atoms with Crippen LogP contribution in [0.25, 0.3) is 11.1 Å². The van der Waals surface area contributed by atoms with Gasteiger partial charge in [-0.15, -0.1) is 6.42 Å². The van der Waals surface area contributed by atoms with Crippen molar-refractivity contribution in [1.82, 2.24) is 25.3 Å². The maximum atomic E-state index is 13.5. The van der Waals surface area contributed by atoms with E-state index in [1.807, 2.05) is 26.0 Å². The molecule has 3 aromatic rings. The Labute approximate surface area is 200 Å². The number of nitrogens with zero attached hydrogens (tertiary/aromatic N) is 3. The van der Waals surface area contributed by atoms with Gasteiger partial charge in [0.15, 0.2) is 0 Å². The lowest BCUT2D eigenvalue weighted by atomic mass is 9.83. The summed E-state index contributed by atoms with van der Waals surface area (Å²) in [6, 6.07) is 7.10. The molecule has 176 valence electrons. The van der Waals surface area contributed by atoms with Crippen molar-refractivity contribution >= 4 is 17.5 Å². The van der Waals surface area contributed by atoms with Crippen LogP contribution in [0.2, 0.25) is 0 Å².